The Hall–Kier alpha value is -1.55. The second-order valence-corrected chi connectivity index (χ2v) is 5.06. The predicted octanol–water partition coefficient (Wildman–Crippen LogP) is 2.71. The number of hydrogen-bond donors (Lipinski definition) is 1. The van der Waals surface area contributed by atoms with E-state index in [4.69, 9.17) is 9.84 Å². The van der Waals surface area contributed by atoms with Gasteiger partial charge >= 0.3 is 0 Å². The van der Waals surface area contributed by atoms with Gasteiger partial charge in [-0.25, -0.2) is 0 Å². The van der Waals surface area contributed by atoms with Crippen LogP contribution in [0.5, 0.6) is 5.75 Å². The van der Waals surface area contributed by atoms with Crippen LogP contribution in [0, 0.1) is 0 Å². The third-order valence-corrected chi connectivity index (χ3v) is 2.89. The van der Waals surface area contributed by atoms with Crippen molar-refractivity contribution in [2.24, 2.45) is 0 Å². The highest BCUT2D eigenvalue weighted by atomic mass is 16.5. The SMILES string of the molecule is CCCCN(CCO)C(=O)c1cccc(OC(C)C)c1. The summed E-state index contributed by atoms with van der Waals surface area (Å²) < 4.78 is 5.61. The van der Waals surface area contributed by atoms with Gasteiger partial charge in [-0.3, -0.25) is 4.79 Å². The van der Waals surface area contributed by atoms with Crippen molar-refractivity contribution in [2.75, 3.05) is 19.7 Å². The molecule has 0 aliphatic rings. The van der Waals surface area contributed by atoms with Crippen LogP contribution in [0.4, 0.5) is 0 Å². The smallest absolute Gasteiger partial charge is 0.254 e. The van der Waals surface area contributed by atoms with Crippen molar-refractivity contribution in [3.8, 4) is 5.75 Å². The number of benzene rings is 1. The van der Waals surface area contributed by atoms with E-state index in [1.54, 1.807) is 17.0 Å². The Kier molecular flexibility index (Phi) is 7.09. The van der Waals surface area contributed by atoms with Gasteiger partial charge in [0, 0.05) is 18.7 Å². The van der Waals surface area contributed by atoms with Crippen LogP contribution in [0.1, 0.15) is 44.0 Å². The number of carbonyl (C=O) groups excluding carboxylic acids is 1. The molecule has 4 heteroatoms. The molecule has 0 aromatic heterocycles. The highest BCUT2D eigenvalue weighted by Crippen LogP contribution is 2.16. The molecule has 1 aromatic rings. The molecule has 1 N–H and O–H groups in total. The predicted molar refractivity (Wildman–Crippen MR) is 80.1 cm³/mol. The van der Waals surface area contributed by atoms with Crippen LogP contribution in [0.2, 0.25) is 0 Å². The van der Waals surface area contributed by atoms with E-state index in [0.29, 0.717) is 24.4 Å². The molecule has 0 aliphatic carbocycles. The first-order chi connectivity index (χ1) is 9.58. The molecule has 0 atom stereocenters. The van der Waals surface area contributed by atoms with Crippen LogP contribution in [-0.4, -0.2) is 41.7 Å². The van der Waals surface area contributed by atoms with E-state index in [1.807, 2.05) is 26.0 Å². The number of aliphatic hydroxyl groups excluding tert-OH is 1. The summed E-state index contributed by atoms with van der Waals surface area (Å²) >= 11 is 0. The summed E-state index contributed by atoms with van der Waals surface area (Å²) in [5.41, 5.74) is 0.604. The number of rotatable bonds is 8. The van der Waals surface area contributed by atoms with Gasteiger partial charge in [0.2, 0.25) is 0 Å². The zero-order chi connectivity index (χ0) is 15.0. The standard InChI is InChI=1S/C16H25NO3/c1-4-5-9-17(10-11-18)16(19)14-7-6-8-15(12-14)20-13(2)3/h6-8,12-13,18H,4-5,9-11H2,1-3H3. The molecule has 1 rings (SSSR count). The normalized spacial score (nSPS) is 10.7. The molecular weight excluding hydrogens is 254 g/mol. The minimum Gasteiger partial charge on any atom is -0.491 e. The average molecular weight is 279 g/mol. The Morgan fingerprint density at radius 2 is 2.10 bits per heavy atom. The maximum absolute atomic E-state index is 12.4. The van der Waals surface area contributed by atoms with E-state index in [0.717, 1.165) is 12.8 Å². The molecule has 0 saturated carbocycles. The van der Waals surface area contributed by atoms with Crippen molar-refractivity contribution in [1.82, 2.24) is 4.90 Å². The van der Waals surface area contributed by atoms with Gasteiger partial charge in [-0.05, 0) is 38.5 Å². The zero-order valence-corrected chi connectivity index (χ0v) is 12.6. The summed E-state index contributed by atoms with van der Waals surface area (Å²) in [5, 5.41) is 9.09. The van der Waals surface area contributed by atoms with Crippen LogP contribution >= 0.6 is 0 Å². The lowest BCUT2D eigenvalue weighted by atomic mass is 10.1. The fourth-order valence-electron chi connectivity index (χ4n) is 1.94. The van der Waals surface area contributed by atoms with Gasteiger partial charge in [0.15, 0.2) is 0 Å². The topological polar surface area (TPSA) is 49.8 Å². The summed E-state index contributed by atoms with van der Waals surface area (Å²) in [6.45, 7) is 7.01. The molecule has 0 heterocycles. The van der Waals surface area contributed by atoms with Crippen molar-refractivity contribution in [2.45, 2.75) is 39.7 Å². The molecule has 0 fully saturated rings. The van der Waals surface area contributed by atoms with Crippen LogP contribution < -0.4 is 4.74 Å². The third-order valence-electron chi connectivity index (χ3n) is 2.89. The number of carbonyl (C=O) groups is 1. The summed E-state index contributed by atoms with van der Waals surface area (Å²) in [4.78, 5) is 14.1. The average Bonchev–Trinajstić information content (AvgIpc) is 2.42. The fraction of sp³-hybridized carbons (Fsp3) is 0.562. The first kappa shape index (κ1) is 16.5. The minimum atomic E-state index is -0.0540. The summed E-state index contributed by atoms with van der Waals surface area (Å²) in [5.74, 6) is 0.645. The molecule has 112 valence electrons. The third kappa shape index (κ3) is 5.21. The summed E-state index contributed by atoms with van der Waals surface area (Å²) in [7, 11) is 0. The van der Waals surface area contributed by atoms with E-state index >= 15 is 0 Å². The molecular formula is C16H25NO3. The maximum Gasteiger partial charge on any atom is 0.254 e. The minimum absolute atomic E-state index is 0.0162. The van der Waals surface area contributed by atoms with Gasteiger partial charge in [-0.15, -0.1) is 0 Å². The van der Waals surface area contributed by atoms with E-state index in [1.165, 1.54) is 0 Å². The van der Waals surface area contributed by atoms with Crippen LogP contribution in [0.25, 0.3) is 0 Å². The molecule has 1 aromatic carbocycles. The van der Waals surface area contributed by atoms with E-state index in [2.05, 4.69) is 6.92 Å². The van der Waals surface area contributed by atoms with Crippen molar-refractivity contribution in [1.29, 1.82) is 0 Å². The second-order valence-electron chi connectivity index (χ2n) is 5.06. The molecule has 0 saturated heterocycles. The summed E-state index contributed by atoms with van der Waals surface area (Å²) in [6, 6.07) is 7.21. The fourth-order valence-corrected chi connectivity index (χ4v) is 1.94. The lowest BCUT2D eigenvalue weighted by Gasteiger charge is -2.22. The highest BCUT2D eigenvalue weighted by molar-refractivity contribution is 5.94. The Morgan fingerprint density at radius 3 is 2.70 bits per heavy atom. The second kappa shape index (κ2) is 8.59. The Morgan fingerprint density at radius 1 is 1.35 bits per heavy atom. The molecule has 0 aliphatic heterocycles. The monoisotopic (exact) mass is 279 g/mol. The zero-order valence-electron chi connectivity index (χ0n) is 12.6. The Labute approximate surface area is 121 Å². The molecule has 20 heavy (non-hydrogen) atoms. The molecule has 0 spiro atoms. The van der Waals surface area contributed by atoms with Crippen molar-refractivity contribution < 1.29 is 14.6 Å². The van der Waals surface area contributed by atoms with Gasteiger partial charge in [0.05, 0.1) is 12.7 Å². The van der Waals surface area contributed by atoms with Crippen LogP contribution in [0.15, 0.2) is 24.3 Å². The van der Waals surface area contributed by atoms with Crippen LogP contribution in [-0.2, 0) is 0 Å². The lowest BCUT2D eigenvalue weighted by molar-refractivity contribution is 0.0718. The largest absolute Gasteiger partial charge is 0.491 e. The highest BCUT2D eigenvalue weighted by Gasteiger charge is 2.15. The van der Waals surface area contributed by atoms with E-state index < -0.39 is 0 Å². The van der Waals surface area contributed by atoms with E-state index in [9.17, 15) is 4.79 Å². The quantitative estimate of drug-likeness (QED) is 0.796. The number of nitrogens with zero attached hydrogens (tertiary/aromatic N) is 1. The summed E-state index contributed by atoms with van der Waals surface area (Å²) in [6.07, 6.45) is 2.04. The Balaban J connectivity index is 2.82. The Bertz CT molecular complexity index is 418. The van der Waals surface area contributed by atoms with Gasteiger partial charge in [0.1, 0.15) is 5.75 Å². The van der Waals surface area contributed by atoms with Gasteiger partial charge in [0.25, 0.3) is 5.91 Å². The number of hydrogen-bond acceptors (Lipinski definition) is 3. The number of ether oxygens (including phenoxy) is 1. The number of amides is 1. The number of unbranched alkanes of at least 4 members (excludes halogenated alkanes) is 1. The van der Waals surface area contributed by atoms with Crippen molar-refractivity contribution in [3.63, 3.8) is 0 Å². The van der Waals surface area contributed by atoms with Gasteiger partial charge in [-0.2, -0.15) is 0 Å². The number of aliphatic hydroxyl groups is 1. The maximum atomic E-state index is 12.4. The van der Waals surface area contributed by atoms with Crippen molar-refractivity contribution >= 4 is 5.91 Å². The van der Waals surface area contributed by atoms with Gasteiger partial charge in [-0.1, -0.05) is 19.4 Å². The first-order valence-corrected chi connectivity index (χ1v) is 7.25. The van der Waals surface area contributed by atoms with Crippen LogP contribution in [0.3, 0.4) is 0 Å². The van der Waals surface area contributed by atoms with Crippen molar-refractivity contribution in [3.05, 3.63) is 29.8 Å². The molecule has 4 nitrogen and oxygen atoms in total. The molecule has 0 radical (unpaired) electrons. The molecule has 1 amide bonds. The molecule has 0 unspecified atom stereocenters. The molecule has 0 bridgehead atoms. The van der Waals surface area contributed by atoms with E-state index in [-0.39, 0.29) is 18.6 Å². The lowest BCUT2D eigenvalue weighted by Crippen LogP contribution is -2.34. The van der Waals surface area contributed by atoms with Gasteiger partial charge < -0.3 is 14.7 Å². The first-order valence-electron chi connectivity index (χ1n) is 7.25.